The fraction of sp³-hybridized carbons (Fsp3) is 0.681. The predicted molar refractivity (Wildman–Crippen MR) is 500 cm³/mol. The lowest BCUT2D eigenvalue weighted by molar-refractivity contribution is -0.146. The van der Waals surface area contributed by atoms with Gasteiger partial charge in [0.1, 0.15) is 92.6 Å². The summed E-state index contributed by atoms with van der Waals surface area (Å²) in [5.41, 5.74) is 3.03. The number of nitrogens with one attached hydrogen (secondary N) is 18. The zero-order valence-corrected chi connectivity index (χ0v) is 83.9. The number of carbonyl (C=O) groups is 23. The van der Waals surface area contributed by atoms with E-state index in [-0.39, 0.29) is 51.0 Å². The van der Waals surface area contributed by atoms with Crippen LogP contribution in [-0.4, -0.2) is 270 Å². The summed E-state index contributed by atoms with van der Waals surface area (Å²) in [7, 11) is 0. The molecule has 0 saturated carbocycles. The van der Waals surface area contributed by atoms with E-state index in [2.05, 4.69) is 95.7 Å². The fourth-order valence-electron chi connectivity index (χ4n) is 13.9. The van der Waals surface area contributed by atoms with E-state index in [1.807, 2.05) is 0 Å². The van der Waals surface area contributed by atoms with Gasteiger partial charge in [-0.3, -0.25) is 110 Å². The van der Waals surface area contributed by atoms with Crippen molar-refractivity contribution in [3.8, 4) is 0 Å². The summed E-state index contributed by atoms with van der Waals surface area (Å²) >= 11 is 0. The van der Waals surface area contributed by atoms with E-state index in [4.69, 9.17) is 17.2 Å². The standard InChI is InChI=1S/C91H150N22O24/c1-46(2)41-58(72(126)109-91(25,26)83(137)113-40-30-33-59(113)73(127)103-65(47(3)4)74(128)111-90(23,24)82(136)112-89(21,22)80(134)102-56(35-38-62(93)118)60(116)43-54(34-37-61(92)117)70(124)99-55(45-114)42-53-31-28-27-29-32-53)100-64(120)44-95-76(130)84(11,12)110-75(129)66(48(5)6)104-81(135)88(19,20)108-71(125)57(36-39-63(94)119)101-67(121)49(7)96-78(132)86(15,16)106-69(123)51(9)98-79(133)87(17,18)107-68(122)50(8)97-77(131)85(13,14)105-52(10)115/h27-29,31-32,46-51,54-59,65-66,114H,30,33-45H2,1-26H3,(H2,92,117)(H2,93,118)(H2,94,119)(H,95,130)(H,96,132)(H,97,131)(H,98,133)(H,99,124)(H,100,120)(H,101,121)(H,102,134)(H,103,127)(H,104,135)(H,105,115)(H,106,123)(H,107,122)(H,108,125)(H,109,126)(H,110,129)(H,111,128)(H,112,136)/t49-,50+,51-,54+,55+,56+,57+,58-,59+,65-,66-/m0/s1. The molecule has 0 unspecified atom stereocenters. The summed E-state index contributed by atoms with van der Waals surface area (Å²) in [5, 5.41) is 55.8. The molecule has 0 bridgehead atoms. The molecule has 46 nitrogen and oxygen atoms in total. The zero-order chi connectivity index (χ0) is 106. The fourth-order valence-corrected chi connectivity index (χ4v) is 13.9. The van der Waals surface area contributed by atoms with Crippen molar-refractivity contribution >= 4 is 136 Å². The Morgan fingerprint density at radius 2 is 0.781 bits per heavy atom. The summed E-state index contributed by atoms with van der Waals surface area (Å²) in [6.07, 6.45) is -2.03. The number of likely N-dealkylation sites (tertiary alicyclic amines) is 1. The molecule has 768 valence electrons. The van der Waals surface area contributed by atoms with Gasteiger partial charge >= 0.3 is 0 Å². The van der Waals surface area contributed by atoms with Gasteiger partial charge in [-0.15, -0.1) is 0 Å². The van der Waals surface area contributed by atoms with Crippen molar-refractivity contribution in [1.29, 1.82) is 0 Å². The molecule has 11 atom stereocenters. The van der Waals surface area contributed by atoms with Crippen LogP contribution in [0, 0.1) is 23.7 Å². The van der Waals surface area contributed by atoms with Crippen molar-refractivity contribution < 1.29 is 115 Å². The van der Waals surface area contributed by atoms with E-state index in [0.29, 0.717) is 6.42 Å². The van der Waals surface area contributed by atoms with Gasteiger partial charge < -0.3 is 123 Å². The summed E-state index contributed by atoms with van der Waals surface area (Å²) < 4.78 is 0. The average Bonchev–Trinajstić information content (AvgIpc) is 1.77. The largest absolute Gasteiger partial charge is 0.394 e. The molecule has 0 radical (unpaired) electrons. The Kier molecular flexibility index (Phi) is 45.1. The minimum Gasteiger partial charge on any atom is -0.394 e. The van der Waals surface area contributed by atoms with E-state index in [1.165, 1.54) is 143 Å². The van der Waals surface area contributed by atoms with Crippen LogP contribution in [0.1, 0.15) is 250 Å². The Hall–Kier alpha value is -12.8. The maximum atomic E-state index is 14.6. The third kappa shape index (κ3) is 39.1. The first kappa shape index (κ1) is 120. The van der Waals surface area contributed by atoms with Crippen LogP contribution in [0.2, 0.25) is 0 Å². The summed E-state index contributed by atoms with van der Waals surface area (Å²) in [4.78, 5) is 312. The van der Waals surface area contributed by atoms with Crippen LogP contribution in [0.15, 0.2) is 30.3 Å². The van der Waals surface area contributed by atoms with Crippen molar-refractivity contribution in [2.24, 2.45) is 40.9 Å². The normalized spacial score (nSPS) is 15.3. The van der Waals surface area contributed by atoms with Crippen molar-refractivity contribution in [3.63, 3.8) is 0 Å². The Balaban J connectivity index is 2.17. The number of Topliss-reactive ketones (excluding diaryl/α,β-unsaturated/α-hetero) is 1. The minimum atomic E-state index is -1.91. The number of hydrogen-bond acceptors (Lipinski definition) is 24. The van der Waals surface area contributed by atoms with Crippen LogP contribution in [0.25, 0.3) is 0 Å². The number of aliphatic hydroxyl groups excluding tert-OH is 1. The molecule has 46 heteroatoms. The first-order chi connectivity index (χ1) is 62.7. The molecule has 1 saturated heterocycles. The highest BCUT2D eigenvalue weighted by Gasteiger charge is 2.48. The highest BCUT2D eigenvalue weighted by molar-refractivity contribution is 6.05. The van der Waals surface area contributed by atoms with Crippen LogP contribution in [0.3, 0.4) is 0 Å². The SMILES string of the molecule is CC(=O)NC(C)(C)C(=O)N[C@H](C)C(=O)NC(C)(C)C(=O)N[C@@H](C)C(=O)NC(C)(C)C(=O)N[C@@H](C)C(=O)N[C@H](CCC(N)=O)C(=O)NC(C)(C)C(=O)N[C@H](C(=O)NC(C)(C)C(=O)NCC(=O)N[C@@H](CC(C)C)C(=O)NC(C)(C)C(=O)N1CCC[C@@H]1C(=O)N[C@H](C(=O)NC(C)(C)C(=O)NC(C)(C)C(=O)N[C@H](CCC(N)=O)C(=O)C[C@@H](CCC(N)=O)C(=O)N[C@@H](CO)Cc1ccccc1)C(C)C)C(C)C. The molecular weight excluding hydrogens is 1790 g/mol. The quantitative estimate of drug-likeness (QED) is 0.0293. The third-order valence-corrected chi connectivity index (χ3v) is 22.5. The first-order valence-electron chi connectivity index (χ1n) is 45.6. The molecule has 137 heavy (non-hydrogen) atoms. The highest BCUT2D eigenvalue weighted by Crippen LogP contribution is 2.25. The van der Waals surface area contributed by atoms with Crippen LogP contribution >= 0.6 is 0 Å². The van der Waals surface area contributed by atoms with Crippen molar-refractivity contribution in [3.05, 3.63) is 35.9 Å². The number of aliphatic hydroxyl groups is 1. The number of amides is 22. The minimum absolute atomic E-state index is 0.00833. The van der Waals surface area contributed by atoms with Crippen LogP contribution in [0.4, 0.5) is 0 Å². The molecule has 22 amide bonds. The second-order valence-electron chi connectivity index (χ2n) is 40.2. The van der Waals surface area contributed by atoms with Crippen molar-refractivity contribution in [2.75, 3.05) is 19.7 Å². The second-order valence-corrected chi connectivity index (χ2v) is 40.2. The van der Waals surface area contributed by atoms with Crippen molar-refractivity contribution in [2.45, 2.75) is 355 Å². The Bertz CT molecular complexity index is 4600. The molecule has 0 aliphatic carbocycles. The average molecular weight is 1940 g/mol. The topological polar surface area (TPSA) is 711 Å². The monoisotopic (exact) mass is 1940 g/mol. The summed E-state index contributed by atoms with van der Waals surface area (Å²) in [5.74, 6) is -22.1. The van der Waals surface area contributed by atoms with Gasteiger partial charge in [0.15, 0.2) is 5.78 Å². The van der Waals surface area contributed by atoms with Gasteiger partial charge in [0, 0.05) is 45.1 Å². The summed E-state index contributed by atoms with van der Waals surface area (Å²) in [6.45, 7) is 34.8. The first-order valence-corrected chi connectivity index (χ1v) is 45.6. The highest BCUT2D eigenvalue weighted by atomic mass is 16.3. The van der Waals surface area contributed by atoms with Gasteiger partial charge in [-0.1, -0.05) is 71.9 Å². The number of hydrogen-bond donors (Lipinski definition) is 22. The van der Waals surface area contributed by atoms with Crippen LogP contribution < -0.4 is 113 Å². The van der Waals surface area contributed by atoms with E-state index in [1.54, 1.807) is 71.9 Å². The van der Waals surface area contributed by atoms with Gasteiger partial charge in [0.25, 0.3) is 0 Å². The molecule has 25 N–H and O–H groups in total. The number of rotatable bonds is 55. The molecule has 0 aromatic heterocycles. The van der Waals surface area contributed by atoms with Crippen LogP contribution in [0.5, 0.6) is 0 Å². The number of nitrogens with two attached hydrogens (primary N) is 3. The number of primary amides is 3. The lowest BCUT2D eigenvalue weighted by Crippen LogP contribution is -2.66. The molecule has 0 spiro atoms. The molecule has 1 aliphatic heterocycles. The molecule has 1 heterocycles. The van der Waals surface area contributed by atoms with Gasteiger partial charge in [-0.05, 0) is 200 Å². The smallest absolute Gasteiger partial charge is 0.248 e. The lowest BCUT2D eigenvalue weighted by atomic mass is 9.90. The Morgan fingerprint density at radius 3 is 1.23 bits per heavy atom. The molecule has 1 aliphatic rings. The molecule has 1 aromatic carbocycles. The van der Waals surface area contributed by atoms with E-state index >= 15 is 0 Å². The maximum Gasteiger partial charge on any atom is 0.248 e. The van der Waals surface area contributed by atoms with E-state index in [0.717, 1.165) is 5.56 Å². The Morgan fingerprint density at radius 1 is 0.394 bits per heavy atom. The van der Waals surface area contributed by atoms with Gasteiger partial charge in [0.05, 0.1) is 25.2 Å². The molecular formula is C91H150N22O24. The summed E-state index contributed by atoms with van der Waals surface area (Å²) in [6, 6.07) is -4.18. The van der Waals surface area contributed by atoms with Crippen LogP contribution in [-0.2, 0) is 117 Å². The second kappa shape index (κ2) is 51.4. The third-order valence-electron chi connectivity index (χ3n) is 22.5. The molecule has 1 aromatic rings. The van der Waals surface area contributed by atoms with Gasteiger partial charge in [-0.2, -0.15) is 0 Å². The van der Waals surface area contributed by atoms with E-state index < -0.39 is 297 Å². The maximum absolute atomic E-state index is 14.6. The lowest BCUT2D eigenvalue weighted by Gasteiger charge is -2.36. The van der Waals surface area contributed by atoms with E-state index in [9.17, 15) is 115 Å². The van der Waals surface area contributed by atoms with Gasteiger partial charge in [-0.25, -0.2) is 0 Å². The zero-order valence-electron chi connectivity index (χ0n) is 83.9. The number of benzene rings is 1. The number of nitrogens with zero attached hydrogens (tertiary/aromatic N) is 1. The molecule has 2 rings (SSSR count). The van der Waals surface area contributed by atoms with Gasteiger partial charge in [0.2, 0.25) is 130 Å². The number of ketones is 1. The number of carbonyl (C=O) groups excluding carboxylic acids is 23. The molecule has 1 fully saturated rings. The van der Waals surface area contributed by atoms with Crippen molar-refractivity contribution in [1.82, 2.24) is 101 Å². The predicted octanol–water partition coefficient (Wildman–Crippen LogP) is -4.34. The Labute approximate surface area is 800 Å².